The van der Waals surface area contributed by atoms with Gasteiger partial charge in [-0.2, -0.15) is 0 Å². The Balaban J connectivity index is 1.76. The Morgan fingerprint density at radius 2 is 2.06 bits per heavy atom. The molecule has 106 valence electrons. The Morgan fingerprint density at radius 1 is 1.28 bits per heavy atom. The molecule has 2 aliphatic carbocycles. The minimum atomic E-state index is -0.558. The van der Waals surface area contributed by atoms with Gasteiger partial charge >= 0.3 is 0 Å². The molecule has 0 spiro atoms. The molecule has 18 heavy (non-hydrogen) atoms. The molecule has 0 heterocycles. The van der Waals surface area contributed by atoms with E-state index in [-0.39, 0.29) is 0 Å². The summed E-state index contributed by atoms with van der Waals surface area (Å²) in [6, 6.07) is 0. The summed E-state index contributed by atoms with van der Waals surface area (Å²) in [7, 11) is 0. The molecule has 0 saturated heterocycles. The number of hydrogen-bond acceptors (Lipinski definition) is 3. The van der Waals surface area contributed by atoms with E-state index >= 15 is 0 Å². The van der Waals surface area contributed by atoms with Crippen LogP contribution in [0.4, 0.5) is 0 Å². The molecule has 0 radical (unpaired) electrons. The van der Waals surface area contributed by atoms with Crippen LogP contribution in [-0.2, 0) is 0 Å². The highest BCUT2D eigenvalue weighted by atomic mass is 16.3. The quantitative estimate of drug-likeness (QED) is 0.696. The molecule has 0 aromatic heterocycles. The molecule has 2 aliphatic rings. The summed E-state index contributed by atoms with van der Waals surface area (Å²) in [5.41, 5.74) is 5.19. The van der Waals surface area contributed by atoms with Gasteiger partial charge in [0.05, 0.1) is 5.60 Å². The van der Waals surface area contributed by atoms with Gasteiger partial charge in [0.1, 0.15) is 0 Å². The van der Waals surface area contributed by atoms with Crippen LogP contribution in [0.5, 0.6) is 0 Å². The third-order valence-electron chi connectivity index (χ3n) is 4.82. The van der Waals surface area contributed by atoms with Crippen molar-refractivity contribution in [3.05, 3.63) is 0 Å². The highest BCUT2D eigenvalue weighted by Gasteiger charge is 2.39. The van der Waals surface area contributed by atoms with E-state index in [2.05, 4.69) is 11.8 Å². The van der Waals surface area contributed by atoms with E-state index in [0.29, 0.717) is 12.5 Å². The normalized spacial score (nSPS) is 32.3. The first-order valence-corrected chi connectivity index (χ1v) is 7.82. The minimum Gasteiger partial charge on any atom is -0.388 e. The lowest BCUT2D eigenvalue weighted by Gasteiger charge is -2.31. The number of aliphatic hydroxyl groups is 1. The first-order chi connectivity index (χ1) is 8.68. The molecule has 2 saturated carbocycles. The largest absolute Gasteiger partial charge is 0.388 e. The van der Waals surface area contributed by atoms with Crippen molar-refractivity contribution in [1.29, 1.82) is 0 Å². The second-order valence-electron chi connectivity index (χ2n) is 6.43. The van der Waals surface area contributed by atoms with E-state index in [1.54, 1.807) is 0 Å². The molecule has 0 aromatic rings. The molecule has 2 atom stereocenters. The summed E-state index contributed by atoms with van der Waals surface area (Å²) >= 11 is 0. The minimum absolute atomic E-state index is 0.432. The summed E-state index contributed by atoms with van der Waals surface area (Å²) in [6.07, 6.45) is 8.43. The van der Waals surface area contributed by atoms with Crippen LogP contribution in [0.2, 0.25) is 0 Å². The average molecular weight is 254 g/mol. The molecule has 2 fully saturated rings. The van der Waals surface area contributed by atoms with Gasteiger partial charge < -0.3 is 15.7 Å². The third-order valence-corrected chi connectivity index (χ3v) is 4.82. The predicted octanol–water partition coefficient (Wildman–Crippen LogP) is 1.99. The van der Waals surface area contributed by atoms with E-state index in [1.807, 2.05) is 0 Å². The van der Waals surface area contributed by atoms with Crippen LogP contribution < -0.4 is 5.73 Å². The van der Waals surface area contributed by atoms with Crippen LogP contribution in [0.15, 0.2) is 0 Å². The molecular formula is C15H30N2O. The van der Waals surface area contributed by atoms with Gasteiger partial charge in [-0.1, -0.05) is 13.3 Å². The third kappa shape index (κ3) is 3.69. The number of hydrogen-bond donors (Lipinski definition) is 2. The first kappa shape index (κ1) is 14.3. The maximum Gasteiger partial charge on any atom is 0.0797 e. The summed E-state index contributed by atoms with van der Waals surface area (Å²) in [5.74, 6) is 1.40. The number of nitrogens with zero attached hydrogens (tertiary/aromatic N) is 1. The zero-order valence-corrected chi connectivity index (χ0v) is 11.9. The highest BCUT2D eigenvalue weighted by molar-refractivity contribution is 4.93. The second-order valence-corrected chi connectivity index (χ2v) is 6.43. The average Bonchev–Trinajstić information content (AvgIpc) is 3.09. The van der Waals surface area contributed by atoms with Crippen molar-refractivity contribution in [2.45, 2.75) is 57.5 Å². The Hall–Kier alpha value is -0.120. The van der Waals surface area contributed by atoms with Gasteiger partial charge in [0.25, 0.3) is 0 Å². The lowest BCUT2D eigenvalue weighted by Crippen LogP contribution is -2.42. The topological polar surface area (TPSA) is 49.5 Å². The second kappa shape index (κ2) is 6.36. The van der Waals surface area contributed by atoms with Crippen molar-refractivity contribution >= 4 is 0 Å². The summed E-state index contributed by atoms with van der Waals surface area (Å²) in [6.45, 7) is 6.34. The molecule has 3 nitrogen and oxygen atoms in total. The first-order valence-electron chi connectivity index (χ1n) is 7.82. The fourth-order valence-electron chi connectivity index (χ4n) is 3.42. The van der Waals surface area contributed by atoms with E-state index < -0.39 is 5.60 Å². The van der Waals surface area contributed by atoms with Crippen molar-refractivity contribution in [1.82, 2.24) is 4.90 Å². The number of nitrogens with two attached hydrogens (primary N) is 1. The van der Waals surface area contributed by atoms with Crippen molar-refractivity contribution in [3.63, 3.8) is 0 Å². The lowest BCUT2D eigenvalue weighted by atomic mass is 9.88. The van der Waals surface area contributed by atoms with Gasteiger partial charge in [0, 0.05) is 13.1 Å². The van der Waals surface area contributed by atoms with Gasteiger partial charge in [-0.15, -0.1) is 0 Å². The molecule has 0 bridgehead atoms. The van der Waals surface area contributed by atoms with E-state index in [0.717, 1.165) is 38.1 Å². The van der Waals surface area contributed by atoms with Crippen LogP contribution in [0.3, 0.4) is 0 Å². The van der Waals surface area contributed by atoms with Crippen molar-refractivity contribution in [2.24, 2.45) is 17.6 Å². The Kier molecular flexibility index (Phi) is 5.05. The van der Waals surface area contributed by atoms with Crippen molar-refractivity contribution < 1.29 is 5.11 Å². The molecule has 3 N–H and O–H groups in total. The van der Waals surface area contributed by atoms with Gasteiger partial charge in [0.15, 0.2) is 0 Å². The fraction of sp³-hybridized carbons (Fsp3) is 1.00. The Morgan fingerprint density at radius 3 is 2.67 bits per heavy atom. The standard InChI is InChI=1S/C15H30N2O/c1-2-9-17(11-13-5-6-13)10-7-14-4-3-8-15(14,18)12-16/h13-14,18H,2-12,16H2,1H3. The monoisotopic (exact) mass is 254 g/mol. The molecule has 0 aromatic carbocycles. The van der Waals surface area contributed by atoms with Gasteiger partial charge in [0.2, 0.25) is 0 Å². The van der Waals surface area contributed by atoms with E-state index in [9.17, 15) is 5.11 Å². The zero-order chi connectivity index (χ0) is 13.0. The van der Waals surface area contributed by atoms with Crippen LogP contribution in [0, 0.1) is 11.8 Å². The zero-order valence-electron chi connectivity index (χ0n) is 11.9. The van der Waals surface area contributed by atoms with Gasteiger partial charge in [-0.05, 0) is 63.5 Å². The molecule has 0 aliphatic heterocycles. The Bertz CT molecular complexity index is 255. The fourth-order valence-corrected chi connectivity index (χ4v) is 3.42. The van der Waals surface area contributed by atoms with Gasteiger partial charge in [-0.25, -0.2) is 0 Å². The number of rotatable bonds is 8. The van der Waals surface area contributed by atoms with Crippen molar-refractivity contribution in [2.75, 3.05) is 26.2 Å². The summed E-state index contributed by atoms with van der Waals surface area (Å²) in [5, 5.41) is 10.5. The van der Waals surface area contributed by atoms with E-state index in [1.165, 1.54) is 32.4 Å². The predicted molar refractivity (Wildman–Crippen MR) is 75.4 cm³/mol. The maximum absolute atomic E-state index is 10.5. The SMILES string of the molecule is CCCN(CCC1CCCC1(O)CN)CC1CC1. The maximum atomic E-state index is 10.5. The molecule has 0 amide bonds. The van der Waals surface area contributed by atoms with Crippen LogP contribution in [0.25, 0.3) is 0 Å². The lowest BCUT2D eigenvalue weighted by molar-refractivity contribution is 0.00442. The summed E-state index contributed by atoms with van der Waals surface area (Å²) in [4.78, 5) is 2.60. The van der Waals surface area contributed by atoms with Gasteiger partial charge in [-0.3, -0.25) is 0 Å². The van der Waals surface area contributed by atoms with E-state index in [4.69, 9.17) is 5.73 Å². The molecule has 2 rings (SSSR count). The van der Waals surface area contributed by atoms with Crippen LogP contribution >= 0.6 is 0 Å². The molecule has 3 heteroatoms. The molecule has 2 unspecified atom stereocenters. The van der Waals surface area contributed by atoms with Crippen LogP contribution in [-0.4, -0.2) is 41.8 Å². The smallest absolute Gasteiger partial charge is 0.0797 e. The van der Waals surface area contributed by atoms with Crippen molar-refractivity contribution in [3.8, 4) is 0 Å². The Labute approximate surface area is 112 Å². The summed E-state index contributed by atoms with van der Waals surface area (Å²) < 4.78 is 0. The van der Waals surface area contributed by atoms with Crippen LogP contribution in [0.1, 0.15) is 51.9 Å². The highest BCUT2D eigenvalue weighted by Crippen LogP contribution is 2.37. The molecular weight excluding hydrogens is 224 g/mol.